The molecule has 2 fully saturated rings. The molecule has 2 aromatic heterocycles. The van der Waals surface area contributed by atoms with E-state index in [2.05, 4.69) is 38.2 Å². The van der Waals surface area contributed by atoms with Gasteiger partial charge in [0.25, 0.3) is 0 Å². The van der Waals surface area contributed by atoms with E-state index in [9.17, 15) is 24.4 Å². The number of carboxylic acid groups (broad SMARTS) is 2. The van der Waals surface area contributed by atoms with Crippen molar-refractivity contribution in [3.8, 4) is 45.8 Å². The molecule has 0 saturated heterocycles. The number of imidazole rings is 2. The molecule has 0 spiro atoms. The van der Waals surface area contributed by atoms with Crippen LogP contribution in [0.3, 0.4) is 0 Å². The summed E-state index contributed by atoms with van der Waals surface area (Å²) in [5.41, 5.74) is 8.79. The smallest absolute Gasteiger partial charge is 0.335 e. The largest absolute Gasteiger partial charge is 0.497 e. The molecule has 2 aliphatic rings. The van der Waals surface area contributed by atoms with Gasteiger partial charge < -0.3 is 42.9 Å². The van der Waals surface area contributed by atoms with Crippen LogP contribution in [0.5, 0.6) is 23.0 Å². The highest BCUT2D eigenvalue weighted by Crippen LogP contribution is 2.40. The van der Waals surface area contributed by atoms with Crippen molar-refractivity contribution in [3.63, 3.8) is 0 Å². The van der Waals surface area contributed by atoms with Crippen LogP contribution in [0.4, 0.5) is 0 Å². The topological polar surface area (TPSA) is 164 Å². The van der Waals surface area contributed by atoms with Crippen LogP contribution >= 0.6 is 23.1 Å². The predicted molar refractivity (Wildman–Crippen MR) is 315 cm³/mol. The monoisotopic (exact) mass is 1130 g/mol. The van der Waals surface area contributed by atoms with Crippen LogP contribution in [0.1, 0.15) is 114 Å². The summed E-state index contributed by atoms with van der Waals surface area (Å²) in [7, 11) is 1.16. The van der Waals surface area contributed by atoms with E-state index in [1.165, 1.54) is 38.5 Å². The second kappa shape index (κ2) is 26.3. The number of carboxylic acids is 2. The minimum Gasteiger partial charge on any atom is -0.497 e. The summed E-state index contributed by atoms with van der Waals surface area (Å²) in [5.74, 6) is 2.86. The molecule has 2 N–H and O–H groups in total. The molecule has 0 bridgehead atoms. The number of hydrogen-bond acceptors (Lipinski definition) is 9. The molecule has 13 nitrogen and oxygen atoms in total. The zero-order valence-corrected chi connectivity index (χ0v) is 47.3. The lowest BCUT2D eigenvalue weighted by molar-refractivity contribution is 0.0686. The van der Waals surface area contributed by atoms with E-state index in [1.54, 1.807) is 51.8 Å². The quantitative estimate of drug-likeness (QED) is 0.0659. The summed E-state index contributed by atoms with van der Waals surface area (Å²) >= 11 is 3.57. The lowest BCUT2D eigenvalue weighted by Crippen LogP contribution is -2.14. The zero-order valence-electron chi connectivity index (χ0n) is 44.8. The van der Waals surface area contributed by atoms with Gasteiger partial charge in [0.1, 0.15) is 47.9 Å². The number of nitrogens with zero attached hydrogens (tertiary/aromatic N) is 4. The maximum absolute atomic E-state index is 12.1. The van der Waals surface area contributed by atoms with E-state index < -0.39 is 19.1 Å². The first-order valence-corrected chi connectivity index (χ1v) is 30.0. The van der Waals surface area contributed by atoms with Crippen LogP contribution < -0.4 is 18.9 Å². The van der Waals surface area contributed by atoms with Gasteiger partial charge in [0.15, 0.2) is 0 Å². The van der Waals surface area contributed by atoms with E-state index in [1.807, 2.05) is 109 Å². The summed E-state index contributed by atoms with van der Waals surface area (Å²) in [6.07, 6.45) is 16.2. The summed E-state index contributed by atoms with van der Waals surface area (Å²) in [6, 6.07) is 38.7. The molecule has 10 rings (SSSR count). The van der Waals surface area contributed by atoms with Gasteiger partial charge in [0, 0.05) is 45.0 Å². The van der Waals surface area contributed by atoms with E-state index in [4.69, 9.17) is 28.9 Å². The molecular weight excluding hydrogens is 1070 g/mol. The molecule has 8 aromatic rings. The van der Waals surface area contributed by atoms with E-state index in [0.29, 0.717) is 42.5 Å². The van der Waals surface area contributed by atoms with Gasteiger partial charge in [-0.1, -0.05) is 72.7 Å². The fourth-order valence-electron chi connectivity index (χ4n) is 10.2. The highest BCUT2D eigenvalue weighted by molar-refractivity contribution is 9.10. The van der Waals surface area contributed by atoms with Crippen LogP contribution in [0.25, 0.3) is 50.9 Å². The van der Waals surface area contributed by atoms with Crippen LogP contribution in [-0.2, 0) is 17.8 Å². The minimum atomic E-state index is -2.13. The Morgan fingerprint density at radius 3 is 1.46 bits per heavy atom. The Bertz CT molecular complexity index is 3440. The lowest BCUT2D eigenvalue weighted by Gasteiger charge is -2.25. The van der Waals surface area contributed by atoms with Crippen molar-refractivity contribution < 1.29 is 43.3 Å². The van der Waals surface area contributed by atoms with Crippen molar-refractivity contribution >= 4 is 63.2 Å². The summed E-state index contributed by atoms with van der Waals surface area (Å²) in [5, 5.41) is 18.9. The van der Waals surface area contributed by atoms with Crippen LogP contribution in [0.2, 0.25) is 0 Å². The summed E-state index contributed by atoms with van der Waals surface area (Å²) < 4.78 is 40.6. The molecule has 0 unspecified atom stereocenters. The Morgan fingerprint density at radius 1 is 0.603 bits per heavy atom. The number of allylic oxidation sites excluding steroid dienone is 1. The number of halogens is 1. The van der Waals surface area contributed by atoms with Crippen LogP contribution in [0, 0.1) is 0 Å². The second-order valence-electron chi connectivity index (χ2n) is 20.0. The number of benzene rings is 6. The van der Waals surface area contributed by atoms with Crippen molar-refractivity contribution in [2.45, 2.75) is 89.5 Å². The molecule has 2 heterocycles. The number of carbonyl (C=O) groups is 2. The van der Waals surface area contributed by atoms with Crippen molar-refractivity contribution in [3.05, 3.63) is 173 Å². The molecule has 2 aliphatic carbocycles. The highest BCUT2D eigenvalue weighted by Gasteiger charge is 2.25. The SMILES string of the molecule is C=C.COc1ccc(/C=C/CP(C)(C)=O)c(COc2ccc(-c3nc4cc(C(=O)O)ccc4n3C3CCCCC3)cc2)c1.COc1ccc(Br)c(COc2ccc(-c3nc4cc(C(=O)O)ccc4n3C3CCCCC3)cc2)c1. The molecule has 406 valence electrons. The highest BCUT2D eigenvalue weighted by atomic mass is 79.9. The standard InChI is InChI=1S/C33H37N2O5P.C28H27BrN2O4.C2H4/c1-39-29-17-11-23(8-7-19-41(2,3)38)26(20-29)22-40-28-15-12-24(13-16-28)32-34-30-21-25(33(36)37)14-18-31(30)35(32)27-9-5-4-6-10-27;1-34-23-12-13-24(29)20(15-23)17-35-22-10-7-18(8-11-22)27-30-25-16-19(28(32)33)9-14-26(25)31(27)21-5-3-2-4-6-21;1-2/h7-8,11-18,20-21,27H,4-6,9-10,19,22H2,1-3H3,(H,36,37);7-16,21H,2-6,17H2,1H3,(H,32,33);1-2H2/b8-7+;;. The van der Waals surface area contributed by atoms with E-state index in [-0.39, 0.29) is 11.1 Å². The second-order valence-corrected chi connectivity index (χ2v) is 24.4. The van der Waals surface area contributed by atoms with Crippen LogP contribution in [-0.4, -0.2) is 75.0 Å². The van der Waals surface area contributed by atoms with Gasteiger partial charge in [-0.05, 0) is 160 Å². The maximum atomic E-state index is 12.1. The van der Waals surface area contributed by atoms with Gasteiger partial charge in [-0.2, -0.15) is 0 Å². The van der Waals surface area contributed by atoms with Crippen molar-refractivity contribution in [2.24, 2.45) is 0 Å². The number of ether oxygens (including phenoxy) is 4. The number of aromatic carboxylic acids is 2. The first-order chi connectivity index (χ1) is 37.7. The van der Waals surface area contributed by atoms with E-state index >= 15 is 0 Å². The first-order valence-electron chi connectivity index (χ1n) is 26.4. The molecule has 6 aromatic carbocycles. The first kappa shape index (κ1) is 56.8. The van der Waals surface area contributed by atoms with Crippen molar-refractivity contribution in [2.75, 3.05) is 33.7 Å². The van der Waals surface area contributed by atoms with Gasteiger partial charge in [0.05, 0.1) is 54.6 Å². The van der Waals surface area contributed by atoms with E-state index in [0.717, 1.165) is 104 Å². The Kier molecular flexibility index (Phi) is 19.1. The molecule has 78 heavy (non-hydrogen) atoms. The molecule has 15 heteroatoms. The Morgan fingerprint density at radius 2 is 1.03 bits per heavy atom. The molecular formula is C63H68BrN4O9P. The van der Waals surface area contributed by atoms with Gasteiger partial charge >= 0.3 is 11.9 Å². The van der Waals surface area contributed by atoms with Crippen molar-refractivity contribution in [1.82, 2.24) is 19.1 Å². The van der Waals surface area contributed by atoms with Crippen molar-refractivity contribution in [1.29, 1.82) is 0 Å². The fourth-order valence-corrected chi connectivity index (χ4v) is 11.2. The lowest BCUT2D eigenvalue weighted by atomic mass is 9.95. The number of hydrogen-bond donors (Lipinski definition) is 2. The number of aromatic nitrogens is 4. The Hall–Kier alpha value is -7.41. The summed E-state index contributed by atoms with van der Waals surface area (Å²) in [6.45, 7) is 10.3. The fraction of sp³-hybridized carbons (Fsp3) is 0.302. The number of methoxy groups -OCH3 is 2. The minimum absolute atomic E-state index is 0.242. The average Bonchev–Trinajstić information content (AvgIpc) is 4.11. The van der Waals surface area contributed by atoms with Gasteiger partial charge in [-0.15, -0.1) is 13.2 Å². The molecule has 0 atom stereocenters. The average molecular weight is 1140 g/mol. The summed E-state index contributed by atoms with van der Waals surface area (Å²) in [4.78, 5) is 32.9. The number of fused-ring (bicyclic) bond motifs is 2. The van der Waals surface area contributed by atoms with Crippen LogP contribution in [0.15, 0.2) is 145 Å². The third kappa shape index (κ3) is 14.0. The molecule has 0 aliphatic heterocycles. The maximum Gasteiger partial charge on any atom is 0.335 e. The van der Waals surface area contributed by atoms with Gasteiger partial charge in [-0.25, -0.2) is 19.6 Å². The molecule has 0 amide bonds. The van der Waals surface area contributed by atoms with Gasteiger partial charge in [0.2, 0.25) is 0 Å². The van der Waals surface area contributed by atoms with Gasteiger partial charge in [-0.3, -0.25) is 0 Å². The third-order valence-electron chi connectivity index (χ3n) is 14.2. The Balaban J connectivity index is 0.000000202. The molecule has 2 saturated carbocycles. The molecule has 0 radical (unpaired) electrons. The number of rotatable bonds is 17. The third-order valence-corrected chi connectivity index (χ3v) is 16.1. The zero-order chi connectivity index (χ0) is 55.3. The predicted octanol–water partition coefficient (Wildman–Crippen LogP) is 16.2. The Labute approximate surface area is 465 Å². The normalized spacial score (nSPS) is 14.1.